The molecule has 0 spiro atoms. The van der Waals surface area contributed by atoms with Gasteiger partial charge in [-0.3, -0.25) is 10.1 Å². The monoisotopic (exact) mass is 349 g/mol. The van der Waals surface area contributed by atoms with Gasteiger partial charge in [0.25, 0.3) is 11.7 Å². The number of rotatable bonds is 2. The van der Waals surface area contributed by atoms with E-state index in [1.165, 1.54) is 0 Å². The molecule has 2 aliphatic heterocycles. The second-order valence-corrected chi connectivity index (χ2v) is 5.49. The first-order valence-electron chi connectivity index (χ1n) is 6.76. The van der Waals surface area contributed by atoms with Gasteiger partial charge in [0.05, 0.1) is 24.1 Å². The van der Waals surface area contributed by atoms with Crippen molar-refractivity contribution in [3.8, 4) is 0 Å². The minimum Gasteiger partial charge on any atom is -0.465 e. The summed E-state index contributed by atoms with van der Waals surface area (Å²) < 4.78 is 63.5. The second kappa shape index (κ2) is 5.30. The Labute approximate surface area is 132 Å². The van der Waals surface area contributed by atoms with Crippen molar-refractivity contribution >= 4 is 11.7 Å². The lowest BCUT2D eigenvalue weighted by Crippen LogP contribution is -2.48. The molecule has 2 N–H and O–H groups in total. The van der Waals surface area contributed by atoms with Crippen LogP contribution in [0.25, 0.3) is 0 Å². The number of nitro groups is 1. The Morgan fingerprint density at radius 3 is 2.75 bits per heavy atom. The van der Waals surface area contributed by atoms with Crippen LogP contribution in [-0.4, -0.2) is 36.4 Å². The van der Waals surface area contributed by atoms with Crippen LogP contribution in [-0.2, 0) is 15.0 Å². The van der Waals surface area contributed by atoms with Gasteiger partial charge < -0.3 is 15.2 Å². The molecule has 1 saturated heterocycles. The Morgan fingerprint density at radius 1 is 1.42 bits per heavy atom. The molecule has 0 aromatic heterocycles. The molecular weight excluding hydrogens is 338 g/mol. The third-order valence-corrected chi connectivity index (χ3v) is 4.13. The van der Waals surface area contributed by atoms with Gasteiger partial charge in [0.1, 0.15) is 11.4 Å². The summed E-state index contributed by atoms with van der Waals surface area (Å²) >= 11 is 0. The molecule has 130 valence electrons. The van der Waals surface area contributed by atoms with Gasteiger partial charge in [-0.15, -0.1) is 0 Å². The zero-order chi connectivity index (χ0) is 17.7. The van der Waals surface area contributed by atoms with Crippen molar-refractivity contribution in [3.63, 3.8) is 0 Å². The quantitative estimate of drug-likeness (QED) is 0.499. The summed E-state index contributed by atoms with van der Waals surface area (Å²) in [5.74, 6) is -2.35. The number of nitrogens with two attached hydrogens (primary N) is 1. The van der Waals surface area contributed by atoms with Gasteiger partial charge in [0.15, 0.2) is 6.10 Å². The Kier molecular flexibility index (Phi) is 3.62. The Hall–Kier alpha value is -2.43. The summed E-state index contributed by atoms with van der Waals surface area (Å²) in [5.41, 5.74) is 2.76. The number of nitrogens with zero attached hydrogens (tertiary/aromatic N) is 2. The first-order valence-corrected chi connectivity index (χ1v) is 6.76. The lowest BCUT2D eigenvalue weighted by Gasteiger charge is -2.36. The zero-order valence-corrected chi connectivity index (χ0v) is 11.9. The number of non-ortho nitro benzene ring substituents is 1. The predicted octanol–water partition coefficient (Wildman–Crippen LogP) is 1.85. The highest BCUT2D eigenvalue weighted by atomic mass is 19.4. The Bertz CT molecular complexity index is 724. The van der Waals surface area contributed by atoms with E-state index in [1.54, 1.807) is 0 Å². The molecule has 1 aromatic carbocycles. The highest BCUT2D eigenvalue weighted by Crippen LogP contribution is 2.50. The van der Waals surface area contributed by atoms with Crippen molar-refractivity contribution in [1.82, 2.24) is 0 Å². The van der Waals surface area contributed by atoms with E-state index in [-0.39, 0.29) is 5.56 Å². The molecule has 0 radical (unpaired) electrons. The van der Waals surface area contributed by atoms with Crippen molar-refractivity contribution in [1.29, 1.82) is 0 Å². The number of hydrogen-bond donors (Lipinski definition) is 1. The van der Waals surface area contributed by atoms with Crippen molar-refractivity contribution in [3.05, 3.63) is 39.7 Å². The number of alkyl halides is 3. The standard InChI is InChI=1S/C13H11F4N3O4/c14-9-2-1-6(20(21)22)3-7(9)12-5-24-10(13(15,16)17)8(12)4-23-11(18)19-12/h1-3,8,10H,4-5H2,(H2,18,19)/t8?,10-,12?/m0/s1. The van der Waals surface area contributed by atoms with E-state index in [9.17, 15) is 27.7 Å². The van der Waals surface area contributed by atoms with Crippen molar-refractivity contribution in [2.24, 2.45) is 16.6 Å². The van der Waals surface area contributed by atoms with E-state index in [0.717, 1.165) is 18.2 Å². The van der Waals surface area contributed by atoms with E-state index in [2.05, 4.69) is 4.99 Å². The number of nitro benzene ring substituents is 1. The number of hydrogen-bond acceptors (Lipinski definition) is 6. The fourth-order valence-electron chi connectivity index (χ4n) is 3.05. The van der Waals surface area contributed by atoms with E-state index < -0.39 is 59.4 Å². The summed E-state index contributed by atoms with van der Waals surface area (Å²) in [4.78, 5) is 14.0. The second-order valence-electron chi connectivity index (χ2n) is 5.49. The van der Waals surface area contributed by atoms with Crippen LogP contribution in [0.5, 0.6) is 0 Å². The molecule has 3 atom stereocenters. The lowest BCUT2D eigenvalue weighted by molar-refractivity contribution is -0.385. The highest BCUT2D eigenvalue weighted by Gasteiger charge is 2.62. The van der Waals surface area contributed by atoms with Gasteiger partial charge >= 0.3 is 6.18 Å². The van der Waals surface area contributed by atoms with Crippen molar-refractivity contribution < 1.29 is 32.0 Å². The molecular formula is C13H11F4N3O4. The highest BCUT2D eigenvalue weighted by molar-refractivity contribution is 5.73. The van der Waals surface area contributed by atoms with Gasteiger partial charge in [-0.1, -0.05) is 0 Å². The maximum absolute atomic E-state index is 14.3. The number of halogens is 4. The van der Waals surface area contributed by atoms with Gasteiger partial charge in [0.2, 0.25) is 0 Å². The molecule has 2 aliphatic rings. The van der Waals surface area contributed by atoms with Crippen LogP contribution < -0.4 is 5.73 Å². The molecule has 0 aliphatic carbocycles. The zero-order valence-electron chi connectivity index (χ0n) is 11.9. The molecule has 1 aromatic rings. The molecule has 7 nitrogen and oxygen atoms in total. The number of benzene rings is 1. The molecule has 24 heavy (non-hydrogen) atoms. The van der Waals surface area contributed by atoms with Crippen LogP contribution in [0, 0.1) is 21.8 Å². The molecule has 11 heteroatoms. The minimum atomic E-state index is -4.73. The van der Waals surface area contributed by atoms with Gasteiger partial charge in [0, 0.05) is 17.7 Å². The molecule has 0 amide bonds. The fourth-order valence-corrected chi connectivity index (χ4v) is 3.05. The summed E-state index contributed by atoms with van der Waals surface area (Å²) in [7, 11) is 0. The lowest BCUT2D eigenvalue weighted by atomic mass is 9.77. The summed E-state index contributed by atoms with van der Waals surface area (Å²) in [6, 6.07) is 2.14. The van der Waals surface area contributed by atoms with E-state index in [0.29, 0.717) is 0 Å². The third kappa shape index (κ3) is 2.44. The molecule has 0 saturated carbocycles. The number of ether oxygens (including phenoxy) is 2. The van der Waals surface area contributed by atoms with Crippen LogP contribution in [0.15, 0.2) is 23.2 Å². The minimum absolute atomic E-state index is 0.375. The number of fused-ring (bicyclic) bond motifs is 1. The van der Waals surface area contributed by atoms with E-state index in [4.69, 9.17) is 15.2 Å². The number of aliphatic imine (C=N–C) groups is 1. The predicted molar refractivity (Wildman–Crippen MR) is 71.6 cm³/mol. The molecule has 1 fully saturated rings. The van der Waals surface area contributed by atoms with Gasteiger partial charge in [-0.2, -0.15) is 13.2 Å². The maximum Gasteiger partial charge on any atom is 0.415 e. The van der Waals surface area contributed by atoms with E-state index >= 15 is 0 Å². The van der Waals surface area contributed by atoms with Crippen LogP contribution in [0.2, 0.25) is 0 Å². The summed E-state index contributed by atoms with van der Waals surface area (Å²) in [6.07, 6.45) is -6.97. The average molecular weight is 349 g/mol. The average Bonchev–Trinajstić information content (AvgIpc) is 2.86. The fraction of sp³-hybridized carbons (Fsp3) is 0.462. The summed E-state index contributed by atoms with van der Waals surface area (Å²) in [6.45, 7) is -1.12. The first-order chi connectivity index (χ1) is 11.1. The van der Waals surface area contributed by atoms with E-state index in [1.807, 2.05) is 0 Å². The Balaban J connectivity index is 2.17. The van der Waals surface area contributed by atoms with Crippen LogP contribution >= 0.6 is 0 Å². The first kappa shape index (κ1) is 16.4. The molecule has 0 bridgehead atoms. The largest absolute Gasteiger partial charge is 0.465 e. The van der Waals surface area contributed by atoms with Crippen LogP contribution in [0.1, 0.15) is 5.56 Å². The van der Waals surface area contributed by atoms with Gasteiger partial charge in [-0.05, 0) is 6.07 Å². The molecule has 2 heterocycles. The van der Waals surface area contributed by atoms with Crippen molar-refractivity contribution in [2.45, 2.75) is 17.8 Å². The van der Waals surface area contributed by atoms with Crippen LogP contribution in [0.3, 0.4) is 0 Å². The molecule has 3 rings (SSSR count). The SMILES string of the molecule is NC1=NC2(c3cc([N+](=O)[O-])ccc3F)CO[C@H](C(F)(F)F)C2CO1. The smallest absolute Gasteiger partial charge is 0.415 e. The topological polar surface area (TPSA) is 100.0 Å². The number of amidine groups is 1. The normalized spacial score (nSPS) is 29.6. The third-order valence-electron chi connectivity index (χ3n) is 4.13. The summed E-state index contributed by atoms with van der Waals surface area (Å²) in [5, 5.41) is 10.9. The van der Waals surface area contributed by atoms with Crippen molar-refractivity contribution in [2.75, 3.05) is 13.2 Å². The van der Waals surface area contributed by atoms with Crippen LogP contribution in [0.4, 0.5) is 23.2 Å². The maximum atomic E-state index is 14.3. The molecule has 2 unspecified atom stereocenters. The Morgan fingerprint density at radius 2 is 2.12 bits per heavy atom. The van der Waals surface area contributed by atoms with Gasteiger partial charge in [-0.25, -0.2) is 9.38 Å².